The Labute approximate surface area is 130 Å². The number of halogens is 1. The van der Waals surface area contributed by atoms with E-state index in [1.165, 1.54) is 10.5 Å². The van der Waals surface area contributed by atoms with Crippen molar-refractivity contribution in [2.45, 2.75) is 23.5 Å². The van der Waals surface area contributed by atoms with E-state index in [1.807, 2.05) is 17.8 Å². The molecule has 0 bridgehead atoms. The highest BCUT2D eigenvalue weighted by Gasteiger charge is 2.23. The molecule has 1 fully saturated rings. The zero-order valence-corrected chi connectivity index (χ0v) is 13.3. The van der Waals surface area contributed by atoms with Gasteiger partial charge in [0.1, 0.15) is 0 Å². The summed E-state index contributed by atoms with van der Waals surface area (Å²) in [4.78, 5) is 3.69. The minimum absolute atomic E-state index is 0.297. The van der Waals surface area contributed by atoms with Crippen LogP contribution in [-0.2, 0) is 4.74 Å². The van der Waals surface area contributed by atoms with Gasteiger partial charge >= 0.3 is 0 Å². The Morgan fingerprint density at radius 3 is 3.25 bits per heavy atom. The predicted molar refractivity (Wildman–Crippen MR) is 84.8 cm³/mol. The van der Waals surface area contributed by atoms with Crippen molar-refractivity contribution in [2.24, 2.45) is 0 Å². The summed E-state index contributed by atoms with van der Waals surface area (Å²) in [5.74, 6) is 1.16. The molecule has 0 saturated carbocycles. The molecule has 1 N–H and O–H groups in total. The smallest absolute Gasteiger partial charge is 0.0826 e. The number of likely N-dealkylation sites (N-methyl/N-ethyl adjacent to an activating group) is 1. The fraction of sp³-hybridized carbons (Fsp3) is 0.600. The van der Waals surface area contributed by atoms with Crippen LogP contribution in [0.5, 0.6) is 0 Å². The second-order valence-electron chi connectivity index (χ2n) is 5.54. The second kappa shape index (κ2) is 6.67. The monoisotopic (exact) mass is 312 g/mol. The topological polar surface area (TPSA) is 24.5 Å². The summed E-state index contributed by atoms with van der Waals surface area (Å²) in [6.07, 6.45) is 1.45. The minimum Gasteiger partial charge on any atom is -0.374 e. The van der Waals surface area contributed by atoms with E-state index < -0.39 is 0 Å². The number of nitrogens with one attached hydrogen (secondary N) is 1. The summed E-state index contributed by atoms with van der Waals surface area (Å²) < 4.78 is 5.82. The Hall–Kier alpha value is -0.260. The first-order valence-electron chi connectivity index (χ1n) is 7.18. The maximum atomic E-state index is 6.14. The van der Waals surface area contributed by atoms with Gasteiger partial charge in [-0.25, -0.2) is 0 Å². The Balaban J connectivity index is 1.62. The first kappa shape index (κ1) is 14.7. The van der Waals surface area contributed by atoms with Crippen LogP contribution in [0.3, 0.4) is 0 Å². The lowest BCUT2D eigenvalue weighted by molar-refractivity contribution is -0.0194. The SMILES string of the molecule is CN1CCOC(CNC2CCSc3ccc(Cl)cc32)C1. The van der Waals surface area contributed by atoms with Gasteiger partial charge in [-0.2, -0.15) is 0 Å². The molecule has 110 valence electrons. The molecule has 3 nitrogen and oxygen atoms in total. The van der Waals surface area contributed by atoms with E-state index in [4.69, 9.17) is 16.3 Å². The Morgan fingerprint density at radius 2 is 2.40 bits per heavy atom. The summed E-state index contributed by atoms with van der Waals surface area (Å²) in [6, 6.07) is 6.63. The highest BCUT2D eigenvalue weighted by atomic mass is 35.5. The number of morpholine rings is 1. The largest absolute Gasteiger partial charge is 0.374 e. The molecule has 1 saturated heterocycles. The lowest BCUT2D eigenvalue weighted by Gasteiger charge is -2.32. The molecule has 5 heteroatoms. The first-order chi connectivity index (χ1) is 9.72. The van der Waals surface area contributed by atoms with Gasteiger partial charge < -0.3 is 15.0 Å². The molecule has 1 aromatic carbocycles. The van der Waals surface area contributed by atoms with Gasteiger partial charge in [0, 0.05) is 35.6 Å². The lowest BCUT2D eigenvalue weighted by atomic mass is 10.0. The standard InChI is InChI=1S/C15H21ClN2OS/c1-18-5-6-19-12(10-18)9-17-14-4-7-20-15-3-2-11(16)8-13(14)15/h2-3,8,12,14,17H,4-7,9-10H2,1H3. The van der Waals surface area contributed by atoms with Gasteiger partial charge in [0.2, 0.25) is 0 Å². The zero-order valence-electron chi connectivity index (χ0n) is 11.8. The van der Waals surface area contributed by atoms with Gasteiger partial charge in [-0.3, -0.25) is 0 Å². The number of benzene rings is 1. The third kappa shape index (κ3) is 3.49. The van der Waals surface area contributed by atoms with E-state index in [0.29, 0.717) is 12.1 Å². The molecule has 3 rings (SSSR count). The quantitative estimate of drug-likeness (QED) is 0.927. The number of rotatable bonds is 3. The van der Waals surface area contributed by atoms with Crippen molar-refractivity contribution in [3.63, 3.8) is 0 Å². The Morgan fingerprint density at radius 1 is 1.50 bits per heavy atom. The van der Waals surface area contributed by atoms with E-state index >= 15 is 0 Å². The van der Waals surface area contributed by atoms with Crippen LogP contribution in [0.1, 0.15) is 18.0 Å². The van der Waals surface area contributed by atoms with Gasteiger partial charge in [0.25, 0.3) is 0 Å². The number of hydrogen-bond donors (Lipinski definition) is 1. The van der Waals surface area contributed by atoms with Gasteiger partial charge in [-0.15, -0.1) is 11.8 Å². The lowest BCUT2D eigenvalue weighted by Crippen LogP contribution is -2.45. The normalized spacial score (nSPS) is 27.3. The maximum absolute atomic E-state index is 6.14. The van der Waals surface area contributed by atoms with Crippen LogP contribution in [0.25, 0.3) is 0 Å². The number of thioether (sulfide) groups is 1. The zero-order chi connectivity index (χ0) is 13.9. The Kier molecular flexibility index (Phi) is 4.89. The van der Waals surface area contributed by atoms with Crippen molar-refractivity contribution < 1.29 is 4.74 Å². The summed E-state index contributed by atoms with van der Waals surface area (Å²) in [5.41, 5.74) is 1.35. The van der Waals surface area contributed by atoms with Crippen LogP contribution in [0.15, 0.2) is 23.1 Å². The van der Waals surface area contributed by atoms with Crippen LogP contribution in [0.2, 0.25) is 5.02 Å². The third-order valence-electron chi connectivity index (χ3n) is 3.95. The summed E-state index contributed by atoms with van der Waals surface area (Å²) in [7, 11) is 2.15. The molecular weight excluding hydrogens is 292 g/mol. The number of ether oxygens (including phenoxy) is 1. The fourth-order valence-electron chi connectivity index (χ4n) is 2.84. The fourth-order valence-corrected chi connectivity index (χ4v) is 4.13. The van der Waals surface area contributed by atoms with Crippen molar-refractivity contribution in [3.8, 4) is 0 Å². The molecule has 0 aliphatic carbocycles. The van der Waals surface area contributed by atoms with Gasteiger partial charge in [0.05, 0.1) is 12.7 Å². The van der Waals surface area contributed by atoms with Crippen molar-refractivity contribution in [3.05, 3.63) is 28.8 Å². The average molecular weight is 313 g/mol. The maximum Gasteiger partial charge on any atom is 0.0826 e. The molecule has 2 atom stereocenters. The van der Waals surface area contributed by atoms with E-state index in [2.05, 4.69) is 29.4 Å². The summed E-state index contributed by atoms with van der Waals surface area (Å²) >= 11 is 8.07. The van der Waals surface area contributed by atoms with E-state index in [-0.39, 0.29) is 0 Å². The summed E-state index contributed by atoms with van der Waals surface area (Å²) in [5, 5.41) is 4.50. The highest BCUT2D eigenvalue weighted by Crippen LogP contribution is 2.37. The molecule has 20 heavy (non-hydrogen) atoms. The van der Waals surface area contributed by atoms with Gasteiger partial charge in [0.15, 0.2) is 0 Å². The van der Waals surface area contributed by atoms with E-state index in [1.54, 1.807) is 0 Å². The van der Waals surface area contributed by atoms with Crippen LogP contribution in [-0.4, -0.2) is 50.0 Å². The minimum atomic E-state index is 0.297. The molecule has 0 aromatic heterocycles. The molecular formula is C15H21ClN2OS. The highest BCUT2D eigenvalue weighted by molar-refractivity contribution is 7.99. The van der Waals surface area contributed by atoms with Crippen molar-refractivity contribution in [1.29, 1.82) is 0 Å². The molecule has 2 heterocycles. The molecule has 0 spiro atoms. The van der Waals surface area contributed by atoms with Crippen LogP contribution < -0.4 is 5.32 Å². The average Bonchev–Trinajstić information content (AvgIpc) is 2.45. The summed E-state index contributed by atoms with van der Waals surface area (Å²) in [6.45, 7) is 3.79. The van der Waals surface area contributed by atoms with Gasteiger partial charge in [-0.1, -0.05) is 11.6 Å². The molecule has 2 aliphatic rings. The number of hydrogen-bond acceptors (Lipinski definition) is 4. The molecule has 1 aromatic rings. The van der Waals surface area contributed by atoms with E-state index in [0.717, 1.165) is 43.4 Å². The predicted octanol–water partition coefficient (Wildman–Crippen LogP) is 2.80. The molecule has 2 aliphatic heterocycles. The first-order valence-corrected chi connectivity index (χ1v) is 8.54. The molecule has 2 unspecified atom stereocenters. The van der Waals surface area contributed by atoms with Crippen molar-refractivity contribution >= 4 is 23.4 Å². The van der Waals surface area contributed by atoms with Gasteiger partial charge in [-0.05, 0) is 43.0 Å². The van der Waals surface area contributed by atoms with Crippen LogP contribution >= 0.6 is 23.4 Å². The van der Waals surface area contributed by atoms with Crippen LogP contribution in [0.4, 0.5) is 0 Å². The number of fused-ring (bicyclic) bond motifs is 1. The number of nitrogens with zero attached hydrogens (tertiary/aromatic N) is 1. The molecule has 0 radical (unpaired) electrons. The van der Waals surface area contributed by atoms with Crippen molar-refractivity contribution in [1.82, 2.24) is 10.2 Å². The van der Waals surface area contributed by atoms with E-state index in [9.17, 15) is 0 Å². The second-order valence-corrected chi connectivity index (χ2v) is 7.11. The van der Waals surface area contributed by atoms with Crippen molar-refractivity contribution in [2.75, 3.05) is 39.0 Å². The molecule has 0 amide bonds. The Bertz CT molecular complexity index is 471. The third-order valence-corrected chi connectivity index (χ3v) is 5.30. The van der Waals surface area contributed by atoms with Crippen LogP contribution in [0, 0.1) is 0 Å².